The van der Waals surface area contributed by atoms with E-state index in [2.05, 4.69) is 15.2 Å². The average Bonchev–Trinajstić information content (AvgIpc) is 2.98. The molecule has 4 rings (SSSR count). The first-order chi connectivity index (χ1) is 20.1. The van der Waals surface area contributed by atoms with Gasteiger partial charge in [-0.25, -0.2) is 28.2 Å². The molecule has 2 N–H and O–H groups in total. The van der Waals surface area contributed by atoms with E-state index in [1.807, 2.05) is 0 Å². The highest BCUT2D eigenvalue weighted by molar-refractivity contribution is 7.89. The lowest BCUT2D eigenvalue weighted by atomic mass is 10.2. The van der Waals surface area contributed by atoms with E-state index in [1.165, 1.54) is 85.1 Å². The van der Waals surface area contributed by atoms with Crippen LogP contribution in [0.5, 0.6) is 11.5 Å². The maximum Gasteiger partial charge on any atom is 0.343 e. The van der Waals surface area contributed by atoms with Crippen LogP contribution in [-0.2, 0) is 14.8 Å². The smallest absolute Gasteiger partial charge is 0.343 e. The Hall–Kier alpha value is -4.55. The molecule has 0 saturated carbocycles. The SMILES string of the molecule is O=C(CNS(=O)(=O)c1ccccc1)N/N=C/c1ccc(OC(=O)c2ccc(Cl)cc2)cc1OC(=O)c1ccc(Cl)cc1. The minimum Gasteiger partial charge on any atom is -0.423 e. The van der Waals surface area contributed by atoms with Crippen molar-refractivity contribution in [1.29, 1.82) is 0 Å². The second kappa shape index (κ2) is 13.9. The van der Waals surface area contributed by atoms with Gasteiger partial charge >= 0.3 is 11.9 Å². The molecule has 214 valence electrons. The van der Waals surface area contributed by atoms with Crippen molar-refractivity contribution in [3.8, 4) is 11.5 Å². The van der Waals surface area contributed by atoms with Crippen LogP contribution < -0.4 is 19.6 Å². The maximum absolute atomic E-state index is 12.8. The van der Waals surface area contributed by atoms with Gasteiger partial charge in [0.05, 0.1) is 28.8 Å². The zero-order valence-electron chi connectivity index (χ0n) is 21.5. The number of esters is 2. The van der Waals surface area contributed by atoms with Gasteiger partial charge < -0.3 is 9.47 Å². The summed E-state index contributed by atoms with van der Waals surface area (Å²) in [7, 11) is -3.90. The molecule has 4 aromatic rings. The Kier molecular flexibility index (Phi) is 10.0. The minimum absolute atomic E-state index is 0.00491. The lowest BCUT2D eigenvalue weighted by Crippen LogP contribution is -2.34. The molecule has 0 atom stereocenters. The summed E-state index contributed by atoms with van der Waals surface area (Å²) in [6.07, 6.45) is 1.18. The topological polar surface area (TPSA) is 140 Å². The fourth-order valence-corrected chi connectivity index (χ4v) is 4.58. The molecule has 0 saturated heterocycles. The maximum atomic E-state index is 12.8. The van der Waals surface area contributed by atoms with Gasteiger partial charge in [-0.15, -0.1) is 0 Å². The third kappa shape index (κ3) is 8.48. The summed E-state index contributed by atoms with van der Waals surface area (Å²) in [5.74, 6) is -2.14. The van der Waals surface area contributed by atoms with Gasteiger partial charge in [0.25, 0.3) is 5.91 Å². The van der Waals surface area contributed by atoms with Crippen LogP contribution in [0.2, 0.25) is 10.0 Å². The van der Waals surface area contributed by atoms with Gasteiger partial charge in [-0.1, -0.05) is 41.4 Å². The minimum atomic E-state index is -3.90. The normalized spacial score (nSPS) is 11.2. The summed E-state index contributed by atoms with van der Waals surface area (Å²) in [4.78, 5) is 37.5. The molecule has 0 aliphatic heterocycles. The molecule has 10 nitrogen and oxygen atoms in total. The van der Waals surface area contributed by atoms with E-state index in [-0.39, 0.29) is 33.1 Å². The molecule has 0 aliphatic rings. The van der Waals surface area contributed by atoms with Crippen molar-refractivity contribution in [2.45, 2.75) is 4.90 Å². The Morgan fingerprint density at radius 2 is 1.33 bits per heavy atom. The number of rotatable bonds is 10. The summed E-state index contributed by atoms with van der Waals surface area (Å²) in [5, 5.41) is 4.70. The molecule has 0 spiro atoms. The standard InChI is InChI=1S/C29H21Cl2N3O7S/c30-22-11-6-19(7-12-22)28(36)40-24-15-10-21(26(16-24)41-29(37)20-8-13-23(31)14-9-20)17-32-34-27(35)18-33-42(38,39)25-4-2-1-3-5-25/h1-17,33H,18H2,(H,34,35)/b32-17+. The van der Waals surface area contributed by atoms with Crippen LogP contribution in [0.1, 0.15) is 26.3 Å². The Morgan fingerprint density at radius 1 is 0.762 bits per heavy atom. The lowest BCUT2D eigenvalue weighted by molar-refractivity contribution is -0.119. The predicted molar refractivity (Wildman–Crippen MR) is 157 cm³/mol. The number of benzene rings is 4. The van der Waals surface area contributed by atoms with Crippen LogP contribution in [0.25, 0.3) is 0 Å². The van der Waals surface area contributed by atoms with Crippen LogP contribution in [-0.4, -0.2) is 39.0 Å². The average molecular weight is 626 g/mol. The molecule has 0 fully saturated rings. The number of ether oxygens (including phenoxy) is 2. The van der Waals surface area contributed by atoms with E-state index in [1.54, 1.807) is 18.2 Å². The van der Waals surface area contributed by atoms with Gasteiger partial charge in [-0.05, 0) is 72.8 Å². The molecule has 1 amide bonds. The number of nitrogens with one attached hydrogen (secondary N) is 2. The second-order valence-electron chi connectivity index (χ2n) is 8.42. The molecule has 0 heterocycles. The highest BCUT2D eigenvalue weighted by Gasteiger charge is 2.16. The van der Waals surface area contributed by atoms with E-state index in [0.29, 0.717) is 10.0 Å². The van der Waals surface area contributed by atoms with Crippen LogP contribution in [0, 0.1) is 0 Å². The number of halogens is 2. The van der Waals surface area contributed by atoms with E-state index in [4.69, 9.17) is 32.7 Å². The van der Waals surface area contributed by atoms with Crippen molar-refractivity contribution >= 4 is 57.3 Å². The first kappa shape index (κ1) is 30.4. The first-order valence-electron chi connectivity index (χ1n) is 12.1. The van der Waals surface area contributed by atoms with Gasteiger partial charge in [0, 0.05) is 21.7 Å². The van der Waals surface area contributed by atoms with Crippen molar-refractivity contribution in [2.24, 2.45) is 5.10 Å². The highest BCUT2D eigenvalue weighted by atomic mass is 35.5. The highest BCUT2D eigenvalue weighted by Crippen LogP contribution is 2.26. The van der Waals surface area contributed by atoms with Crippen molar-refractivity contribution < 1.29 is 32.3 Å². The molecular formula is C29H21Cl2N3O7S. The number of hydrogen-bond acceptors (Lipinski definition) is 8. The Labute approximate surface area is 250 Å². The number of hydrazone groups is 1. The molecule has 13 heteroatoms. The van der Waals surface area contributed by atoms with Crippen LogP contribution in [0.15, 0.2) is 107 Å². The van der Waals surface area contributed by atoms with Crippen molar-refractivity contribution in [2.75, 3.05) is 6.54 Å². The molecule has 0 aromatic heterocycles. The summed E-state index contributed by atoms with van der Waals surface area (Å²) < 4.78 is 37.7. The third-order valence-electron chi connectivity index (χ3n) is 5.43. The fourth-order valence-electron chi connectivity index (χ4n) is 3.33. The quantitative estimate of drug-likeness (QED) is 0.111. The zero-order valence-corrected chi connectivity index (χ0v) is 23.8. The first-order valence-corrected chi connectivity index (χ1v) is 14.3. The molecule has 4 aromatic carbocycles. The number of hydrogen-bond donors (Lipinski definition) is 2. The van der Waals surface area contributed by atoms with Crippen molar-refractivity contribution in [1.82, 2.24) is 10.1 Å². The largest absolute Gasteiger partial charge is 0.423 e. The summed E-state index contributed by atoms with van der Waals surface area (Å²) >= 11 is 11.8. The molecular weight excluding hydrogens is 605 g/mol. The predicted octanol–water partition coefficient (Wildman–Crippen LogP) is 4.86. The third-order valence-corrected chi connectivity index (χ3v) is 7.35. The summed E-state index contributed by atoms with van der Waals surface area (Å²) in [6.45, 7) is -0.577. The number of amides is 1. The summed E-state index contributed by atoms with van der Waals surface area (Å²) in [6, 6.07) is 23.8. The Bertz CT molecular complexity index is 1730. The zero-order chi connectivity index (χ0) is 30.1. The van der Waals surface area contributed by atoms with Crippen molar-refractivity contribution in [3.05, 3.63) is 124 Å². The van der Waals surface area contributed by atoms with Gasteiger partial charge in [0.15, 0.2) is 0 Å². The fraction of sp³-hybridized carbons (Fsp3) is 0.0345. The number of carbonyl (C=O) groups is 3. The van der Waals surface area contributed by atoms with E-state index >= 15 is 0 Å². The number of nitrogens with zero attached hydrogens (tertiary/aromatic N) is 1. The second-order valence-corrected chi connectivity index (χ2v) is 11.1. The van der Waals surface area contributed by atoms with Crippen LogP contribution in [0.4, 0.5) is 0 Å². The monoisotopic (exact) mass is 625 g/mol. The van der Waals surface area contributed by atoms with Gasteiger partial charge in [0.1, 0.15) is 11.5 Å². The number of carbonyl (C=O) groups excluding carboxylic acids is 3. The molecule has 42 heavy (non-hydrogen) atoms. The Morgan fingerprint density at radius 3 is 1.93 bits per heavy atom. The van der Waals surface area contributed by atoms with E-state index in [0.717, 1.165) is 0 Å². The molecule has 0 radical (unpaired) electrons. The van der Waals surface area contributed by atoms with Gasteiger partial charge in [-0.2, -0.15) is 5.10 Å². The summed E-state index contributed by atoms with van der Waals surface area (Å²) in [5.41, 5.74) is 2.87. The Balaban J connectivity index is 1.48. The molecule has 0 aliphatic carbocycles. The molecule has 0 bridgehead atoms. The van der Waals surface area contributed by atoms with Gasteiger partial charge in [0.2, 0.25) is 10.0 Å². The van der Waals surface area contributed by atoms with E-state index in [9.17, 15) is 22.8 Å². The van der Waals surface area contributed by atoms with Crippen LogP contribution >= 0.6 is 23.2 Å². The van der Waals surface area contributed by atoms with Crippen LogP contribution in [0.3, 0.4) is 0 Å². The van der Waals surface area contributed by atoms with E-state index < -0.39 is 34.4 Å². The number of sulfonamides is 1. The molecule has 0 unspecified atom stereocenters. The van der Waals surface area contributed by atoms with Crippen molar-refractivity contribution in [3.63, 3.8) is 0 Å². The van der Waals surface area contributed by atoms with Gasteiger partial charge in [-0.3, -0.25) is 4.79 Å². The lowest BCUT2D eigenvalue weighted by Gasteiger charge is -2.11.